The van der Waals surface area contributed by atoms with Crippen LogP contribution in [-0.2, 0) is 4.79 Å². The summed E-state index contributed by atoms with van der Waals surface area (Å²) in [6.45, 7) is 1.64. The van der Waals surface area contributed by atoms with E-state index in [-0.39, 0.29) is 24.5 Å². The summed E-state index contributed by atoms with van der Waals surface area (Å²) in [7, 11) is 1.34. The zero-order chi connectivity index (χ0) is 16.0. The largest absolute Gasteiger partial charge is 0.493 e. The van der Waals surface area contributed by atoms with Gasteiger partial charge in [-0.1, -0.05) is 0 Å². The number of carbonyl (C=O) groups is 1. The van der Waals surface area contributed by atoms with Gasteiger partial charge in [0.1, 0.15) is 11.3 Å². The molecule has 8 nitrogen and oxygen atoms in total. The van der Waals surface area contributed by atoms with Gasteiger partial charge in [0.25, 0.3) is 0 Å². The Morgan fingerprint density at radius 1 is 1.52 bits per heavy atom. The fraction of sp³-hybridized carbons (Fsp3) is 0.462. The molecule has 0 aromatic heterocycles. The Bertz CT molecular complexity index is 529. The van der Waals surface area contributed by atoms with Gasteiger partial charge in [0.2, 0.25) is 0 Å². The number of benzene rings is 1. The van der Waals surface area contributed by atoms with E-state index in [1.165, 1.54) is 26.2 Å². The van der Waals surface area contributed by atoms with E-state index in [1.54, 1.807) is 6.07 Å². The maximum absolute atomic E-state index is 10.9. The first-order valence-corrected chi connectivity index (χ1v) is 6.25. The van der Waals surface area contributed by atoms with E-state index < -0.39 is 16.4 Å². The van der Waals surface area contributed by atoms with Crippen molar-refractivity contribution in [3.63, 3.8) is 0 Å². The molecule has 0 heterocycles. The van der Waals surface area contributed by atoms with Crippen molar-refractivity contribution in [1.29, 1.82) is 0 Å². The highest BCUT2D eigenvalue weighted by atomic mass is 16.6. The van der Waals surface area contributed by atoms with E-state index in [4.69, 9.17) is 20.3 Å². The number of nitro groups is 1. The molecule has 21 heavy (non-hydrogen) atoms. The van der Waals surface area contributed by atoms with Gasteiger partial charge in [-0.05, 0) is 31.9 Å². The third kappa shape index (κ3) is 4.60. The zero-order valence-electron chi connectivity index (χ0n) is 11.9. The van der Waals surface area contributed by atoms with Crippen molar-refractivity contribution in [3.8, 4) is 11.5 Å². The number of hydrogen-bond acceptors (Lipinski definition) is 6. The second-order valence-corrected chi connectivity index (χ2v) is 4.77. The number of carboxylic acids is 1. The van der Waals surface area contributed by atoms with Gasteiger partial charge in [-0.15, -0.1) is 0 Å². The molecule has 3 N–H and O–H groups in total. The number of ether oxygens (including phenoxy) is 2. The molecule has 0 aliphatic rings. The number of nitro benzene ring substituents is 1. The number of nitrogens with zero attached hydrogens (tertiary/aromatic N) is 1. The highest BCUT2D eigenvalue weighted by molar-refractivity contribution is 5.77. The molecule has 0 saturated heterocycles. The summed E-state index contributed by atoms with van der Waals surface area (Å²) < 4.78 is 10.2. The maximum atomic E-state index is 10.9. The normalized spacial score (nSPS) is 13.3. The van der Waals surface area contributed by atoms with Crippen molar-refractivity contribution in [1.82, 2.24) is 0 Å². The fourth-order valence-electron chi connectivity index (χ4n) is 1.64. The van der Waals surface area contributed by atoms with Crippen LogP contribution in [0, 0.1) is 10.1 Å². The minimum atomic E-state index is -1.31. The summed E-state index contributed by atoms with van der Waals surface area (Å²) in [4.78, 5) is 21.1. The van der Waals surface area contributed by atoms with Gasteiger partial charge < -0.3 is 20.3 Å². The molecule has 1 rings (SSSR count). The molecule has 0 spiro atoms. The lowest BCUT2D eigenvalue weighted by atomic mass is 9.98. The molecule has 0 saturated carbocycles. The Labute approximate surface area is 121 Å². The number of nitrogens with two attached hydrogens (primary N) is 1. The van der Waals surface area contributed by atoms with Crippen LogP contribution in [0.1, 0.15) is 19.8 Å². The monoisotopic (exact) mass is 298 g/mol. The smallest absolute Gasteiger partial charge is 0.323 e. The lowest BCUT2D eigenvalue weighted by Gasteiger charge is -2.18. The predicted octanol–water partition coefficient (Wildman–Crippen LogP) is 1.56. The molecule has 1 aromatic rings. The first-order chi connectivity index (χ1) is 9.77. The molecule has 1 unspecified atom stereocenters. The SMILES string of the molecule is COc1ccc(OCCCC(C)(N)C(=O)O)cc1[N+](=O)[O-]. The Morgan fingerprint density at radius 3 is 2.71 bits per heavy atom. The molecule has 116 valence electrons. The molecular weight excluding hydrogens is 280 g/mol. The Balaban J connectivity index is 2.59. The van der Waals surface area contributed by atoms with Crippen molar-refractivity contribution in [2.75, 3.05) is 13.7 Å². The van der Waals surface area contributed by atoms with Crippen molar-refractivity contribution in [2.45, 2.75) is 25.3 Å². The topological polar surface area (TPSA) is 125 Å². The quantitative estimate of drug-likeness (QED) is 0.424. The number of carboxylic acid groups (broad SMARTS) is 1. The van der Waals surface area contributed by atoms with E-state index in [0.29, 0.717) is 12.2 Å². The Kier molecular flexibility index (Phi) is 5.48. The molecule has 0 radical (unpaired) electrons. The second kappa shape index (κ2) is 6.89. The third-order valence-electron chi connectivity index (χ3n) is 2.94. The molecule has 1 aromatic carbocycles. The van der Waals surface area contributed by atoms with Crippen LogP contribution in [0.2, 0.25) is 0 Å². The number of hydrogen-bond donors (Lipinski definition) is 2. The van der Waals surface area contributed by atoms with E-state index in [9.17, 15) is 14.9 Å². The fourth-order valence-corrected chi connectivity index (χ4v) is 1.64. The highest BCUT2D eigenvalue weighted by Gasteiger charge is 2.27. The van der Waals surface area contributed by atoms with Gasteiger partial charge in [-0.3, -0.25) is 14.9 Å². The Hall–Kier alpha value is -2.35. The standard InChI is InChI=1S/C13H18N2O6/c1-13(14,12(16)17)6-3-7-21-9-4-5-11(20-2)10(8-9)15(18)19/h4-5,8H,3,6-7,14H2,1-2H3,(H,16,17). The molecule has 0 aliphatic heterocycles. The van der Waals surface area contributed by atoms with Crippen molar-refractivity contribution < 1.29 is 24.3 Å². The maximum Gasteiger partial charge on any atom is 0.323 e. The van der Waals surface area contributed by atoms with Crippen LogP contribution in [0.4, 0.5) is 5.69 Å². The van der Waals surface area contributed by atoms with Gasteiger partial charge >= 0.3 is 11.7 Å². The van der Waals surface area contributed by atoms with Crippen molar-refractivity contribution in [3.05, 3.63) is 28.3 Å². The van der Waals surface area contributed by atoms with Gasteiger partial charge in [0.15, 0.2) is 5.75 Å². The molecule has 0 bridgehead atoms. The zero-order valence-corrected chi connectivity index (χ0v) is 11.9. The number of methoxy groups -OCH3 is 1. The van der Waals surface area contributed by atoms with Gasteiger partial charge in [-0.25, -0.2) is 0 Å². The van der Waals surface area contributed by atoms with E-state index >= 15 is 0 Å². The van der Waals surface area contributed by atoms with Gasteiger partial charge in [-0.2, -0.15) is 0 Å². The molecule has 0 amide bonds. The Morgan fingerprint density at radius 2 is 2.19 bits per heavy atom. The van der Waals surface area contributed by atoms with E-state index in [0.717, 1.165) is 0 Å². The van der Waals surface area contributed by atoms with Crippen molar-refractivity contribution >= 4 is 11.7 Å². The number of rotatable bonds is 8. The summed E-state index contributed by atoms with van der Waals surface area (Å²) in [5.74, 6) is -0.619. The van der Waals surface area contributed by atoms with Crippen LogP contribution in [0.15, 0.2) is 18.2 Å². The average molecular weight is 298 g/mol. The molecule has 0 fully saturated rings. The van der Waals surface area contributed by atoms with Crippen LogP contribution in [0.25, 0.3) is 0 Å². The van der Waals surface area contributed by atoms with Crippen molar-refractivity contribution in [2.24, 2.45) is 5.73 Å². The van der Waals surface area contributed by atoms with Crippen LogP contribution in [0.3, 0.4) is 0 Å². The predicted molar refractivity (Wildman–Crippen MR) is 74.6 cm³/mol. The second-order valence-electron chi connectivity index (χ2n) is 4.77. The van der Waals surface area contributed by atoms with Gasteiger partial charge in [0, 0.05) is 0 Å². The summed E-state index contributed by atoms with van der Waals surface area (Å²) >= 11 is 0. The van der Waals surface area contributed by atoms with Crippen LogP contribution in [0.5, 0.6) is 11.5 Å². The molecule has 0 aliphatic carbocycles. The first kappa shape index (κ1) is 16.7. The first-order valence-electron chi connectivity index (χ1n) is 6.25. The van der Waals surface area contributed by atoms with Gasteiger partial charge in [0.05, 0.1) is 24.7 Å². The van der Waals surface area contributed by atoms with E-state index in [2.05, 4.69) is 0 Å². The lowest BCUT2D eigenvalue weighted by Crippen LogP contribution is -2.44. The molecule has 8 heteroatoms. The summed E-state index contributed by atoms with van der Waals surface area (Å²) in [6, 6.07) is 4.25. The average Bonchev–Trinajstić information content (AvgIpc) is 2.43. The lowest BCUT2D eigenvalue weighted by molar-refractivity contribution is -0.385. The molecule has 1 atom stereocenters. The summed E-state index contributed by atoms with van der Waals surface area (Å²) in [5.41, 5.74) is 4.08. The minimum absolute atomic E-state index is 0.146. The molecular formula is C13H18N2O6. The van der Waals surface area contributed by atoms with E-state index in [1.807, 2.05) is 0 Å². The van der Waals surface area contributed by atoms with Crippen LogP contribution in [-0.4, -0.2) is 35.3 Å². The van der Waals surface area contributed by atoms with Crippen LogP contribution >= 0.6 is 0 Å². The number of aliphatic carboxylic acids is 1. The summed E-state index contributed by atoms with van der Waals surface area (Å²) in [5, 5.41) is 19.7. The third-order valence-corrected chi connectivity index (χ3v) is 2.94. The summed E-state index contributed by atoms with van der Waals surface area (Å²) in [6.07, 6.45) is 0.652. The van der Waals surface area contributed by atoms with Crippen LogP contribution < -0.4 is 15.2 Å². The minimum Gasteiger partial charge on any atom is -0.493 e. The highest BCUT2D eigenvalue weighted by Crippen LogP contribution is 2.30.